The molecule has 7 nitrogen and oxygen atoms in total. The van der Waals surface area contributed by atoms with Gasteiger partial charge in [-0.15, -0.1) is 0 Å². The second kappa shape index (κ2) is 8.06. The minimum atomic E-state index is 0.211. The molecule has 0 bridgehead atoms. The number of likely N-dealkylation sites (tertiary alicyclic amines) is 2. The number of rotatable bonds is 7. The first-order valence-electron chi connectivity index (χ1n) is 10.2. The fourth-order valence-electron chi connectivity index (χ4n) is 4.46. The van der Waals surface area contributed by atoms with Crippen molar-refractivity contribution in [1.29, 1.82) is 0 Å². The lowest BCUT2D eigenvalue weighted by molar-refractivity contribution is -0.129. The van der Waals surface area contributed by atoms with E-state index < -0.39 is 0 Å². The lowest BCUT2D eigenvalue weighted by Crippen LogP contribution is -2.36. The van der Waals surface area contributed by atoms with Gasteiger partial charge in [0.1, 0.15) is 6.26 Å². The molecule has 2 aromatic rings. The minimum Gasteiger partial charge on any atom is -0.493 e. The standard InChI is InChI=1S/C22H29N3O4/c1-14(2)22-23-16(13-29-22)12-24-8-7-17-18(24)10-21(26)25(17)11-15-5-6-19(27-3)20(9-15)28-4/h5-6,9,13-14,17-18H,7-8,10-12H2,1-4H3/t17-,18-/m0/s1. The SMILES string of the molecule is COc1ccc(CN2C(=O)C[C@H]3[C@@H]2CCN3Cc2coc(C(C)C)n2)cc1OC. The molecule has 0 radical (unpaired) electrons. The van der Waals surface area contributed by atoms with Crippen LogP contribution in [0.4, 0.5) is 0 Å². The van der Waals surface area contributed by atoms with E-state index >= 15 is 0 Å². The number of methoxy groups -OCH3 is 2. The Morgan fingerprint density at radius 2 is 1.97 bits per heavy atom. The van der Waals surface area contributed by atoms with Crippen LogP contribution in [-0.4, -0.2) is 53.5 Å². The van der Waals surface area contributed by atoms with E-state index in [1.54, 1.807) is 20.5 Å². The van der Waals surface area contributed by atoms with E-state index in [2.05, 4.69) is 23.7 Å². The summed E-state index contributed by atoms with van der Waals surface area (Å²) in [4.78, 5) is 21.8. The van der Waals surface area contributed by atoms with Crippen molar-refractivity contribution in [2.75, 3.05) is 20.8 Å². The van der Waals surface area contributed by atoms with Crippen LogP contribution in [0, 0.1) is 0 Å². The number of benzene rings is 1. The van der Waals surface area contributed by atoms with Gasteiger partial charge in [0.15, 0.2) is 17.4 Å². The number of hydrogen-bond donors (Lipinski definition) is 0. The monoisotopic (exact) mass is 399 g/mol. The first-order valence-corrected chi connectivity index (χ1v) is 10.2. The molecule has 2 saturated heterocycles. The summed E-state index contributed by atoms with van der Waals surface area (Å²) < 4.78 is 16.3. The van der Waals surface area contributed by atoms with E-state index in [1.165, 1.54) is 0 Å². The summed E-state index contributed by atoms with van der Waals surface area (Å²) in [5.74, 6) is 2.64. The Balaban J connectivity index is 1.44. The van der Waals surface area contributed by atoms with Gasteiger partial charge in [0.05, 0.1) is 19.9 Å². The summed E-state index contributed by atoms with van der Waals surface area (Å²) in [6.45, 7) is 6.44. The van der Waals surface area contributed by atoms with E-state index in [1.807, 2.05) is 23.1 Å². The summed E-state index contributed by atoms with van der Waals surface area (Å²) in [7, 11) is 3.25. The van der Waals surface area contributed by atoms with E-state index in [9.17, 15) is 4.79 Å². The maximum absolute atomic E-state index is 12.8. The highest BCUT2D eigenvalue weighted by Gasteiger charge is 2.46. The molecule has 156 valence electrons. The number of aromatic nitrogens is 1. The molecule has 1 aromatic carbocycles. The fourth-order valence-corrected chi connectivity index (χ4v) is 4.46. The van der Waals surface area contributed by atoms with Crippen LogP contribution in [0.25, 0.3) is 0 Å². The van der Waals surface area contributed by atoms with Gasteiger partial charge in [-0.2, -0.15) is 0 Å². The maximum Gasteiger partial charge on any atom is 0.224 e. The van der Waals surface area contributed by atoms with Crippen LogP contribution in [0.1, 0.15) is 49.8 Å². The van der Waals surface area contributed by atoms with Crippen LogP contribution in [0.3, 0.4) is 0 Å². The van der Waals surface area contributed by atoms with Crippen LogP contribution in [0.5, 0.6) is 11.5 Å². The number of fused-ring (bicyclic) bond motifs is 1. The lowest BCUT2D eigenvalue weighted by atomic mass is 10.1. The summed E-state index contributed by atoms with van der Waals surface area (Å²) in [5.41, 5.74) is 1.99. The summed E-state index contributed by atoms with van der Waals surface area (Å²) in [6, 6.07) is 6.32. The van der Waals surface area contributed by atoms with Crippen molar-refractivity contribution in [1.82, 2.24) is 14.8 Å². The minimum absolute atomic E-state index is 0.211. The highest BCUT2D eigenvalue weighted by atomic mass is 16.5. The van der Waals surface area contributed by atoms with Gasteiger partial charge in [0, 0.05) is 44.1 Å². The molecule has 0 N–H and O–H groups in total. The van der Waals surface area contributed by atoms with Crippen LogP contribution < -0.4 is 9.47 Å². The smallest absolute Gasteiger partial charge is 0.224 e. The number of nitrogens with zero attached hydrogens (tertiary/aromatic N) is 3. The Morgan fingerprint density at radius 1 is 1.17 bits per heavy atom. The quantitative estimate of drug-likeness (QED) is 0.712. The van der Waals surface area contributed by atoms with E-state index in [-0.39, 0.29) is 23.9 Å². The largest absolute Gasteiger partial charge is 0.493 e. The predicted molar refractivity (Wildman–Crippen MR) is 108 cm³/mol. The molecule has 2 aliphatic rings. The van der Waals surface area contributed by atoms with Gasteiger partial charge in [0.2, 0.25) is 5.91 Å². The average molecular weight is 399 g/mol. The molecule has 3 heterocycles. The summed E-state index contributed by atoms with van der Waals surface area (Å²) >= 11 is 0. The zero-order valence-corrected chi connectivity index (χ0v) is 17.6. The Labute approximate surface area is 171 Å². The predicted octanol–water partition coefficient (Wildman–Crippen LogP) is 3.19. The molecule has 29 heavy (non-hydrogen) atoms. The molecular weight excluding hydrogens is 370 g/mol. The third-order valence-corrected chi connectivity index (χ3v) is 5.96. The van der Waals surface area contributed by atoms with Crippen molar-refractivity contribution in [3.63, 3.8) is 0 Å². The molecule has 0 unspecified atom stereocenters. The number of carbonyl (C=O) groups excluding carboxylic acids is 1. The Bertz CT molecular complexity index is 879. The van der Waals surface area contributed by atoms with Crippen molar-refractivity contribution in [3.8, 4) is 11.5 Å². The molecule has 4 rings (SSSR count). The van der Waals surface area contributed by atoms with E-state index in [4.69, 9.17) is 13.9 Å². The van der Waals surface area contributed by atoms with Gasteiger partial charge in [-0.05, 0) is 24.1 Å². The van der Waals surface area contributed by atoms with Crippen molar-refractivity contribution in [2.45, 2.75) is 57.8 Å². The third-order valence-electron chi connectivity index (χ3n) is 5.96. The molecule has 0 spiro atoms. The van der Waals surface area contributed by atoms with Crippen molar-refractivity contribution < 1.29 is 18.7 Å². The zero-order valence-electron chi connectivity index (χ0n) is 17.6. The first-order chi connectivity index (χ1) is 14.0. The molecule has 1 aromatic heterocycles. The summed E-state index contributed by atoms with van der Waals surface area (Å²) in [5, 5.41) is 0. The van der Waals surface area contributed by atoms with Gasteiger partial charge in [0.25, 0.3) is 0 Å². The number of ether oxygens (including phenoxy) is 2. The average Bonchev–Trinajstić information content (AvgIpc) is 3.40. The highest BCUT2D eigenvalue weighted by molar-refractivity contribution is 5.80. The van der Waals surface area contributed by atoms with Gasteiger partial charge in [-0.25, -0.2) is 4.98 Å². The van der Waals surface area contributed by atoms with Crippen LogP contribution in [-0.2, 0) is 17.9 Å². The van der Waals surface area contributed by atoms with Crippen LogP contribution in [0.2, 0.25) is 0 Å². The third kappa shape index (κ3) is 3.83. The molecule has 0 aliphatic carbocycles. The van der Waals surface area contributed by atoms with Crippen LogP contribution >= 0.6 is 0 Å². The fraction of sp³-hybridized carbons (Fsp3) is 0.545. The molecule has 7 heteroatoms. The van der Waals surface area contributed by atoms with Gasteiger partial charge < -0.3 is 18.8 Å². The first kappa shape index (κ1) is 19.8. The van der Waals surface area contributed by atoms with Gasteiger partial charge in [-0.1, -0.05) is 19.9 Å². The second-order valence-corrected chi connectivity index (χ2v) is 8.14. The zero-order chi connectivity index (χ0) is 20.5. The van der Waals surface area contributed by atoms with Crippen molar-refractivity contribution in [3.05, 3.63) is 41.6 Å². The topological polar surface area (TPSA) is 68.0 Å². The van der Waals surface area contributed by atoms with Crippen molar-refractivity contribution >= 4 is 5.91 Å². The Morgan fingerprint density at radius 3 is 2.66 bits per heavy atom. The van der Waals surface area contributed by atoms with Crippen molar-refractivity contribution in [2.24, 2.45) is 0 Å². The lowest BCUT2D eigenvalue weighted by Gasteiger charge is -2.25. The number of oxazole rings is 1. The Hall–Kier alpha value is -2.54. The number of amides is 1. The second-order valence-electron chi connectivity index (χ2n) is 8.14. The molecule has 2 aliphatic heterocycles. The molecular formula is C22H29N3O4. The number of hydrogen-bond acceptors (Lipinski definition) is 6. The molecule has 1 amide bonds. The van der Waals surface area contributed by atoms with Gasteiger partial charge in [-0.3, -0.25) is 9.69 Å². The normalized spacial score (nSPS) is 21.8. The maximum atomic E-state index is 12.8. The molecule has 0 saturated carbocycles. The number of carbonyl (C=O) groups is 1. The molecule has 2 fully saturated rings. The van der Waals surface area contributed by atoms with Crippen LogP contribution in [0.15, 0.2) is 28.9 Å². The molecule has 2 atom stereocenters. The summed E-state index contributed by atoms with van der Waals surface area (Å²) in [6.07, 6.45) is 3.30. The highest BCUT2D eigenvalue weighted by Crippen LogP contribution is 2.35. The van der Waals surface area contributed by atoms with Gasteiger partial charge >= 0.3 is 0 Å². The van der Waals surface area contributed by atoms with E-state index in [0.29, 0.717) is 24.5 Å². The Kier molecular flexibility index (Phi) is 5.50. The van der Waals surface area contributed by atoms with E-state index in [0.717, 1.165) is 36.7 Å².